The number of hydrogen-bond acceptors (Lipinski definition) is 5. The van der Waals surface area contributed by atoms with Gasteiger partial charge < -0.3 is 9.64 Å². The van der Waals surface area contributed by atoms with Crippen LogP contribution in [0.25, 0.3) is 0 Å². The fourth-order valence-electron chi connectivity index (χ4n) is 3.84. The molecule has 0 saturated carbocycles. The van der Waals surface area contributed by atoms with Gasteiger partial charge in [-0.15, -0.1) is 0 Å². The number of halogens is 1. The first-order valence-electron chi connectivity index (χ1n) is 10.5. The molecule has 2 aromatic carbocycles. The van der Waals surface area contributed by atoms with Crippen LogP contribution in [0.15, 0.2) is 60.0 Å². The molecule has 0 aliphatic carbocycles. The smallest absolute Gasteiger partial charge is 0.246 e. The van der Waals surface area contributed by atoms with Crippen LogP contribution in [0, 0.1) is 17.5 Å². The van der Waals surface area contributed by atoms with Gasteiger partial charge in [-0.05, 0) is 61.4 Å². The lowest BCUT2D eigenvalue weighted by atomic mass is 10.0. The van der Waals surface area contributed by atoms with E-state index < -0.39 is 15.8 Å². The second-order valence-corrected chi connectivity index (χ2v) is 10.4. The zero-order valence-corrected chi connectivity index (χ0v) is 19.5. The maximum Gasteiger partial charge on any atom is 0.246 e. The molecule has 1 heterocycles. The van der Waals surface area contributed by atoms with E-state index in [1.165, 1.54) is 18.4 Å². The number of hydrogen-bond donors (Lipinski definition) is 1. The zero-order chi connectivity index (χ0) is 23.5. The Bertz CT molecular complexity index is 1090. The highest BCUT2D eigenvalue weighted by atomic mass is 32.2. The molecule has 0 spiro atoms. The van der Waals surface area contributed by atoms with Crippen molar-refractivity contribution in [3.05, 3.63) is 72.1 Å². The standard InChI is InChI=1S/C24H30FN3O3S/c1-5-24(29)28-13-12-27(15-18(28)3)16-23(19-7-6-17(2)22(25)14-19)31-20-8-10-21(11-9-20)32(4,26)30/h5-11,14,18,23,26H,1,12-13,15-16H2,2-4H3/t18-,23-,32?/m1/s1. The number of amides is 1. The minimum Gasteiger partial charge on any atom is -0.484 e. The summed E-state index contributed by atoms with van der Waals surface area (Å²) in [7, 11) is -2.81. The predicted octanol–water partition coefficient (Wildman–Crippen LogP) is 4.01. The van der Waals surface area contributed by atoms with Gasteiger partial charge in [0.15, 0.2) is 0 Å². The van der Waals surface area contributed by atoms with Gasteiger partial charge in [-0.25, -0.2) is 13.4 Å². The third kappa shape index (κ3) is 5.75. The fraction of sp³-hybridized carbons (Fsp3) is 0.375. The Labute approximate surface area is 189 Å². The van der Waals surface area contributed by atoms with Crippen LogP contribution in [0.3, 0.4) is 0 Å². The van der Waals surface area contributed by atoms with Gasteiger partial charge in [0, 0.05) is 43.4 Å². The number of rotatable bonds is 7. The van der Waals surface area contributed by atoms with E-state index >= 15 is 0 Å². The van der Waals surface area contributed by atoms with E-state index in [1.54, 1.807) is 42.2 Å². The van der Waals surface area contributed by atoms with Crippen LogP contribution in [-0.2, 0) is 14.5 Å². The molecular formula is C24H30FN3O3S. The molecule has 172 valence electrons. The average Bonchev–Trinajstić information content (AvgIpc) is 2.74. The molecule has 2 aromatic rings. The van der Waals surface area contributed by atoms with E-state index in [2.05, 4.69) is 11.5 Å². The van der Waals surface area contributed by atoms with Crippen LogP contribution >= 0.6 is 0 Å². The summed E-state index contributed by atoms with van der Waals surface area (Å²) in [6.07, 6.45) is 2.27. The van der Waals surface area contributed by atoms with Gasteiger partial charge in [0.25, 0.3) is 0 Å². The van der Waals surface area contributed by atoms with Gasteiger partial charge in [-0.1, -0.05) is 18.7 Å². The SMILES string of the molecule is C=CC(=O)N1CCN(C[C@@H](Oc2ccc(S(C)(=N)=O)cc2)c2ccc(C)c(F)c2)C[C@H]1C. The molecule has 0 bridgehead atoms. The molecule has 32 heavy (non-hydrogen) atoms. The molecule has 8 heteroatoms. The van der Waals surface area contributed by atoms with Crippen molar-refractivity contribution in [2.24, 2.45) is 0 Å². The summed E-state index contributed by atoms with van der Waals surface area (Å²) in [5.41, 5.74) is 1.28. The highest BCUT2D eigenvalue weighted by Crippen LogP contribution is 2.27. The molecular weight excluding hydrogens is 429 g/mol. The van der Waals surface area contributed by atoms with E-state index in [4.69, 9.17) is 9.52 Å². The van der Waals surface area contributed by atoms with E-state index in [0.717, 1.165) is 0 Å². The predicted molar refractivity (Wildman–Crippen MR) is 124 cm³/mol. The van der Waals surface area contributed by atoms with Crippen molar-refractivity contribution in [2.75, 3.05) is 32.4 Å². The molecule has 1 aliphatic rings. The Balaban J connectivity index is 1.81. The van der Waals surface area contributed by atoms with Gasteiger partial charge in [-0.2, -0.15) is 0 Å². The molecule has 1 aliphatic heterocycles. The van der Waals surface area contributed by atoms with Gasteiger partial charge >= 0.3 is 0 Å². The summed E-state index contributed by atoms with van der Waals surface area (Å²) in [6.45, 7) is 9.74. The summed E-state index contributed by atoms with van der Waals surface area (Å²) in [4.78, 5) is 16.5. The second kappa shape index (κ2) is 9.83. The van der Waals surface area contributed by atoms with Crippen LogP contribution < -0.4 is 4.74 Å². The van der Waals surface area contributed by atoms with E-state index in [0.29, 0.717) is 48.0 Å². The topological polar surface area (TPSA) is 73.7 Å². The number of carbonyl (C=O) groups excluding carboxylic acids is 1. The van der Waals surface area contributed by atoms with Gasteiger partial charge in [0.05, 0.1) is 9.73 Å². The van der Waals surface area contributed by atoms with Crippen molar-refractivity contribution in [3.8, 4) is 5.75 Å². The molecule has 3 atom stereocenters. The first-order valence-corrected chi connectivity index (χ1v) is 12.5. The molecule has 1 N–H and O–H groups in total. The summed E-state index contributed by atoms with van der Waals surface area (Å²) in [5.74, 6) is 0.186. The van der Waals surface area contributed by atoms with Crippen LogP contribution in [0.4, 0.5) is 4.39 Å². The minimum atomic E-state index is -2.81. The third-order valence-electron chi connectivity index (χ3n) is 5.71. The lowest BCUT2D eigenvalue weighted by Gasteiger charge is -2.40. The molecule has 1 amide bonds. The van der Waals surface area contributed by atoms with Crippen LogP contribution in [0.1, 0.15) is 24.2 Å². The van der Waals surface area contributed by atoms with E-state index in [-0.39, 0.29) is 17.8 Å². The van der Waals surface area contributed by atoms with Crippen molar-refractivity contribution >= 4 is 15.6 Å². The van der Waals surface area contributed by atoms with Gasteiger partial charge in [0.1, 0.15) is 17.7 Å². The molecule has 1 saturated heterocycles. The zero-order valence-electron chi connectivity index (χ0n) is 18.7. The van der Waals surface area contributed by atoms with E-state index in [1.807, 2.05) is 13.0 Å². The van der Waals surface area contributed by atoms with E-state index in [9.17, 15) is 13.4 Å². The number of aryl methyl sites for hydroxylation is 1. The lowest BCUT2D eigenvalue weighted by Crippen LogP contribution is -2.54. The minimum absolute atomic E-state index is 0.0266. The Morgan fingerprint density at radius 1 is 1.31 bits per heavy atom. The maximum atomic E-state index is 14.3. The molecule has 0 aromatic heterocycles. The monoisotopic (exact) mass is 459 g/mol. The Kier molecular flexibility index (Phi) is 7.36. The Morgan fingerprint density at radius 3 is 2.56 bits per heavy atom. The molecule has 0 radical (unpaired) electrons. The van der Waals surface area contributed by atoms with Crippen molar-refractivity contribution < 1.29 is 18.1 Å². The number of nitrogens with zero attached hydrogens (tertiary/aromatic N) is 2. The van der Waals surface area contributed by atoms with Gasteiger partial charge in [-0.3, -0.25) is 9.69 Å². The van der Waals surface area contributed by atoms with Crippen molar-refractivity contribution in [1.29, 1.82) is 4.78 Å². The molecule has 1 unspecified atom stereocenters. The van der Waals surface area contributed by atoms with Gasteiger partial charge in [0.2, 0.25) is 5.91 Å². The van der Waals surface area contributed by atoms with Crippen molar-refractivity contribution in [2.45, 2.75) is 30.9 Å². The first kappa shape index (κ1) is 23.9. The number of carbonyl (C=O) groups is 1. The van der Waals surface area contributed by atoms with Crippen molar-refractivity contribution in [1.82, 2.24) is 9.80 Å². The molecule has 6 nitrogen and oxygen atoms in total. The van der Waals surface area contributed by atoms with Crippen LogP contribution in [0.5, 0.6) is 5.75 Å². The summed E-state index contributed by atoms with van der Waals surface area (Å²) < 4.78 is 40.2. The van der Waals surface area contributed by atoms with Crippen molar-refractivity contribution in [3.63, 3.8) is 0 Å². The quantitative estimate of drug-likeness (QED) is 0.635. The number of nitrogens with one attached hydrogen (secondary N) is 1. The highest BCUT2D eigenvalue weighted by Gasteiger charge is 2.28. The largest absolute Gasteiger partial charge is 0.484 e. The fourth-order valence-corrected chi connectivity index (χ4v) is 4.50. The van der Waals surface area contributed by atoms with Crippen LogP contribution in [0.2, 0.25) is 0 Å². The lowest BCUT2D eigenvalue weighted by molar-refractivity contribution is -0.130. The molecule has 3 rings (SSSR count). The number of piperazine rings is 1. The summed E-state index contributed by atoms with van der Waals surface area (Å²) >= 11 is 0. The Morgan fingerprint density at radius 2 is 2.00 bits per heavy atom. The second-order valence-electron chi connectivity index (χ2n) is 8.27. The number of benzene rings is 2. The maximum absolute atomic E-state index is 14.3. The Hall–Kier alpha value is -2.71. The third-order valence-corrected chi connectivity index (χ3v) is 6.88. The molecule has 1 fully saturated rings. The first-order chi connectivity index (χ1) is 15.1. The van der Waals surface area contributed by atoms with Crippen LogP contribution in [-0.4, -0.2) is 58.4 Å². The summed E-state index contributed by atoms with van der Waals surface area (Å²) in [5, 5.41) is 0. The summed E-state index contributed by atoms with van der Waals surface area (Å²) in [6, 6.07) is 11.7. The normalized spacial score (nSPS) is 19.8. The average molecular weight is 460 g/mol. The highest BCUT2D eigenvalue weighted by molar-refractivity contribution is 7.91. The number of ether oxygens (including phenoxy) is 1.